The van der Waals surface area contributed by atoms with E-state index in [2.05, 4.69) is 22.4 Å². The van der Waals surface area contributed by atoms with Gasteiger partial charge in [0.2, 0.25) is 0 Å². The number of aryl methyl sites for hydroxylation is 1. The van der Waals surface area contributed by atoms with E-state index in [1.54, 1.807) is 37.1 Å². The van der Waals surface area contributed by atoms with Gasteiger partial charge in [0.15, 0.2) is 11.0 Å². The number of carbonyl (C=O) groups is 1. The number of aromatic nitrogens is 3. The number of nitrogens with one attached hydrogen (secondary N) is 1. The third-order valence-corrected chi connectivity index (χ3v) is 6.18. The Labute approximate surface area is 203 Å². The highest BCUT2D eigenvalue weighted by molar-refractivity contribution is 7.99. The van der Waals surface area contributed by atoms with Crippen molar-refractivity contribution in [3.05, 3.63) is 83.9 Å². The van der Waals surface area contributed by atoms with E-state index >= 15 is 0 Å². The fraction of sp³-hybridized carbons (Fsp3) is 0.192. The highest BCUT2D eigenvalue weighted by Crippen LogP contribution is 2.25. The molecule has 0 saturated carbocycles. The number of anilines is 1. The largest absolute Gasteiger partial charge is 0.496 e. The Morgan fingerprint density at radius 2 is 1.74 bits per heavy atom. The van der Waals surface area contributed by atoms with Crippen molar-refractivity contribution in [1.82, 2.24) is 14.8 Å². The van der Waals surface area contributed by atoms with Crippen molar-refractivity contribution in [2.75, 3.05) is 24.8 Å². The highest BCUT2D eigenvalue weighted by atomic mass is 32.2. The number of methoxy groups -OCH3 is 1. The van der Waals surface area contributed by atoms with Crippen molar-refractivity contribution >= 4 is 23.4 Å². The van der Waals surface area contributed by atoms with Gasteiger partial charge in [-0.25, -0.2) is 0 Å². The molecule has 1 aromatic heterocycles. The lowest BCUT2D eigenvalue weighted by Gasteiger charge is -2.10. The number of benzene rings is 3. The van der Waals surface area contributed by atoms with Crippen LogP contribution < -0.4 is 14.8 Å². The smallest absolute Gasteiger partial charge is 0.259 e. The van der Waals surface area contributed by atoms with Crippen LogP contribution in [0.3, 0.4) is 0 Å². The zero-order valence-electron chi connectivity index (χ0n) is 19.3. The second-order valence-electron chi connectivity index (χ2n) is 7.61. The first-order valence-corrected chi connectivity index (χ1v) is 11.8. The van der Waals surface area contributed by atoms with E-state index in [-0.39, 0.29) is 5.91 Å². The summed E-state index contributed by atoms with van der Waals surface area (Å²) >= 11 is 1.59. The molecule has 1 amide bonds. The van der Waals surface area contributed by atoms with Gasteiger partial charge in [-0.15, -0.1) is 10.2 Å². The number of ether oxygens (including phenoxy) is 2. The van der Waals surface area contributed by atoms with Gasteiger partial charge in [-0.05, 0) is 55.5 Å². The molecule has 1 N–H and O–H groups in total. The molecule has 0 radical (unpaired) electrons. The number of hydrogen-bond donors (Lipinski definition) is 1. The lowest BCUT2D eigenvalue weighted by atomic mass is 10.1. The Morgan fingerprint density at radius 3 is 2.47 bits per heavy atom. The number of para-hydroxylation sites is 1. The van der Waals surface area contributed by atoms with Crippen molar-refractivity contribution in [2.24, 2.45) is 7.05 Å². The Morgan fingerprint density at radius 1 is 1.00 bits per heavy atom. The molecule has 8 heteroatoms. The van der Waals surface area contributed by atoms with E-state index in [0.717, 1.165) is 28.0 Å². The summed E-state index contributed by atoms with van der Waals surface area (Å²) < 4.78 is 13.0. The third kappa shape index (κ3) is 5.58. The highest BCUT2D eigenvalue weighted by Gasteiger charge is 2.14. The van der Waals surface area contributed by atoms with Gasteiger partial charge in [-0.2, -0.15) is 0 Å². The summed E-state index contributed by atoms with van der Waals surface area (Å²) in [5.74, 6) is 2.68. The molecule has 0 bridgehead atoms. The molecule has 3 aromatic carbocycles. The topological polar surface area (TPSA) is 78.3 Å². The normalized spacial score (nSPS) is 10.7. The molecule has 0 atom stereocenters. The van der Waals surface area contributed by atoms with Gasteiger partial charge < -0.3 is 19.4 Å². The summed E-state index contributed by atoms with van der Waals surface area (Å²) in [6, 6.07) is 22.7. The summed E-state index contributed by atoms with van der Waals surface area (Å²) in [4.78, 5) is 12.6. The van der Waals surface area contributed by atoms with Crippen molar-refractivity contribution in [1.29, 1.82) is 0 Å². The molecule has 0 aliphatic rings. The van der Waals surface area contributed by atoms with Gasteiger partial charge in [-0.3, -0.25) is 4.79 Å². The van der Waals surface area contributed by atoms with Crippen LogP contribution in [-0.4, -0.2) is 40.1 Å². The molecule has 0 aliphatic carbocycles. The van der Waals surface area contributed by atoms with Crippen LogP contribution in [0.25, 0.3) is 11.4 Å². The van der Waals surface area contributed by atoms with Gasteiger partial charge in [0, 0.05) is 24.1 Å². The maximum atomic E-state index is 12.6. The zero-order chi connectivity index (χ0) is 23.9. The lowest BCUT2D eigenvalue weighted by molar-refractivity contribution is 0.102. The average Bonchev–Trinajstić information content (AvgIpc) is 3.23. The minimum absolute atomic E-state index is 0.226. The quantitative estimate of drug-likeness (QED) is 0.265. The number of thioether (sulfide) groups is 1. The van der Waals surface area contributed by atoms with E-state index in [1.165, 1.54) is 5.56 Å². The van der Waals surface area contributed by atoms with Crippen LogP contribution in [0.5, 0.6) is 11.5 Å². The summed E-state index contributed by atoms with van der Waals surface area (Å²) in [7, 11) is 3.49. The van der Waals surface area contributed by atoms with Crippen molar-refractivity contribution in [2.45, 2.75) is 12.1 Å². The van der Waals surface area contributed by atoms with E-state index in [0.29, 0.717) is 23.6 Å². The molecule has 0 saturated heterocycles. The minimum Gasteiger partial charge on any atom is -0.496 e. The van der Waals surface area contributed by atoms with Gasteiger partial charge >= 0.3 is 0 Å². The molecule has 34 heavy (non-hydrogen) atoms. The fourth-order valence-corrected chi connectivity index (χ4v) is 4.08. The van der Waals surface area contributed by atoms with Gasteiger partial charge in [0.05, 0.1) is 19.3 Å². The molecule has 0 unspecified atom stereocenters. The minimum atomic E-state index is -0.226. The number of nitrogens with zero attached hydrogens (tertiary/aromatic N) is 3. The Hall–Kier alpha value is -3.78. The molecule has 4 aromatic rings. The van der Waals surface area contributed by atoms with Crippen LogP contribution in [0.15, 0.2) is 78.0 Å². The monoisotopic (exact) mass is 474 g/mol. The molecule has 7 nitrogen and oxygen atoms in total. The summed E-state index contributed by atoms with van der Waals surface area (Å²) in [6.07, 6.45) is 0. The lowest BCUT2D eigenvalue weighted by Crippen LogP contribution is -2.13. The van der Waals surface area contributed by atoms with E-state index in [9.17, 15) is 4.79 Å². The SMILES string of the molecule is COc1ccccc1C(=O)Nc1ccc(-c2nnc(SCCOc3ccc(C)cc3)n2C)cc1. The summed E-state index contributed by atoms with van der Waals surface area (Å²) in [5.41, 5.74) is 3.29. The van der Waals surface area contributed by atoms with E-state index in [4.69, 9.17) is 9.47 Å². The third-order valence-electron chi connectivity index (χ3n) is 5.19. The number of hydrogen-bond acceptors (Lipinski definition) is 6. The maximum Gasteiger partial charge on any atom is 0.259 e. The van der Waals surface area contributed by atoms with Crippen molar-refractivity contribution < 1.29 is 14.3 Å². The van der Waals surface area contributed by atoms with Gasteiger partial charge in [0.25, 0.3) is 5.91 Å². The molecular weight excluding hydrogens is 448 g/mol. The molecule has 0 aliphatic heterocycles. The van der Waals surface area contributed by atoms with Gasteiger partial charge in [0.1, 0.15) is 11.5 Å². The van der Waals surface area contributed by atoms with Crippen LogP contribution in [0.2, 0.25) is 0 Å². The molecule has 1 heterocycles. The second kappa shape index (κ2) is 10.9. The Kier molecular flexibility index (Phi) is 7.49. The number of rotatable bonds is 9. The van der Waals surface area contributed by atoms with Crippen LogP contribution in [0, 0.1) is 6.92 Å². The first kappa shape index (κ1) is 23.4. The first-order valence-electron chi connectivity index (χ1n) is 10.8. The standard InChI is InChI=1S/C26H26N4O3S/c1-18-8-14-21(15-9-18)33-16-17-34-26-29-28-24(30(26)2)19-10-12-20(13-11-19)27-25(31)22-6-4-5-7-23(22)32-3/h4-15H,16-17H2,1-3H3,(H,27,31). The maximum absolute atomic E-state index is 12.6. The Balaban J connectivity index is 1.34. The molecule has 174 valence electrons. The van der Waals surface area contributed by atoms with E-state index in [1.807, 2.05) is 66.2 Å². The predicted molar refractivity (Wildman–Crippen MR) is 135 cm³/mol. The molecule has 4 rings (SSSR count). The van der Waals surface area contributed by atoms with Crippen molar-refractivity contribution in [3.63, 3.8) is 0 Å². The average molecular weight is 475 g/mol. The number of amides is 1. The number of carbonyl (C=O) groups excluding carboxylic acids is 1. The summed E-state index contributed by atoms with van der Waals surface area (Å²) in [5, 5.41) is 12.4. The Bertz CT molecular complexity index is 1250. The van der Waals surface area contributed by atoms with Gasteiger partial charge in [-0.1, -0.05) is 41.6 Å². The predicted octanol–water partition coefficient (Wildman–Crippen LogP) is 5.22. The van der Waals surface area contributed by atoms with Crippen LogP contribution >= 0.6 is 11.8 Å². The first-order chi connectivity index (χ1) is 16.5. The summed E-state index contributed by atoms with van der Waals surface area (Å²) in [6.45, 7) is 2.63. The molecule has 0 spiro atoms. The van der Waals surface area contributed by atoms with E-state index < -0.39 is 0 Å². The van der Waals surface area contributed by atoms with Crippen molar-refractivity contribution in [3.8, 4) is 22.9 Å². The molecular formula is C26H26N4O3S. The van der Waals surface area contributed by atoms with Crippen LogP contribution in [0.1, 0.15) is 15.9 Å². The second-order valence-corrected chi connectivity index (χ2v) is 8.67. The fourth-order valence-electron chi connectivity index (χ4n) is 3.35. The van der Waals surface area contributed by atoms with Crippen LogP contribution in [-0.2, 0) is 7.05 Å². The van der Waals surface area contributed by atoms with Crippen LogP contribution in [0.4, 0.5) is 5.69 Å². The molecule has 0 fully saturated rings. The zero-order valence-corrected chi connectivity index (χ0v) is 20.1.